The number of carbonyl (C=O) groups is 3. The second-order valence-electron chi connectivity index (χ2n) is 5.21. The zero-order chi connectivity index (χ0) is 18.4. The standard InChI is InChI=1S/C15H15F3N2O5/c16-15(17,18)8-19-13(22)6-25-14(23)7-24-10-2-3-11-9(5-10)1-4-12(21)20-11/h2-3,5H,1,4,6-8H2,(H,19,22)(H,20,21). The van der Waals surface area contributed by atoms with E-state index >= 15 is 0 Å². The lowest BCUT2D eigenvalue weighted by atomic mass is 10.0. The molecule has 7 nitrogen and oxygen atoms in total. The van der Waals surface area contributed by atoms with Crippen LogP contribution >= 0.6 is 0 Å². The largest absolute Gasteiger partial charge is 0.482 e. The SMILES string of the molecule is O=C(COC(=O)COc1ccc2c(c1)CCC(=O)N2)NCC(F)(F)F. The molecule has 2 N–H and O–H groups in total. The molecule has 2 rings (SSSR count). The van der Waals surface area contributed by atoms with Crippen molar-refractivity contribution in [3.05, 3.63) is 23.8 Å². The van der Waals surface area contributed by atoms with Crippen LogP contribution in [0.3, 0.4) is 0 Å². The van der Waals surface area contributed by atoms with E-state index in [1.807, 2.05) is 0 Å². The molecule has 0 fully saturated rings. The topological polar surface area (TPSA) is 93.7 Å². The van der Waals surface area contributed by atoms with Gasteiger partial charge in [0.25, 0.3) is 5.91 Å². The molecule has 0 aromatic heterocycles. The van der Waals surface area contributed by atoms with Gasteiger partial charge < -0.3 is 20.1 Å². The molecule has 136 valence electrons. The molecular formula is C15H15F3N2O5. The highest BCUT2D eigenvalue weighted by molar-refractivity contribution is 5.94. The molecule has 2 amide bonds. The third-order valence-corrected chi connectivity index (χ3v) is 3.18. The number of benzene rings is 1. The smallest absolute Gasteiger partial charge is 0.405 e. The van der Waals surface area contributed by atoms with Crippen LogP contribution < -0.4 is 15.4 Å². The summed E-state index contributed by atoms with van der Waals surface area (Å²) in [5.41, 5.74) is 1.53. The van der Waals surface area contributed by atoms with Gasteiger partial charge in [-0.1, -0.05) is 0 Å². The van der Waals surface area contributed by atoms with Gasteiger partial charge in [0.05, 0.1) is 0 Å². The molecule has 0 unspecified atom stereocenters. The number of hydrogen-bond acceptors (Lipinski definition) is 5. The number of rotatable bonds is 6. The number of nitrogens with one attached hydrogen (secondary N) is 2. The number of carbonyl (C=O) groups excluding carboxylic acids is 3. The lowest BCUT2D eigenvalue weighted by Crippen LogP contribution is -2.36. The van der Waals surface area contributed by atoms with E-state index in [0.29, 0.717) is 24.3 Å². The number of esters is 1. The van der Waals surface area contributed by atoms with Crippen LogP contribution in [0.5, 0.6) is 5.75 Å². The molecule has 1 aromatic carbocycles. The van der Waals surface area contributed by atoms with Gasteiger partial charge in [0, 0.05) is 12.1 Å². The monoisotopic (exact) mass is 360 g/mol. The van der Waals surface area contributed by atoms with Crippen molar-refractivity contribution in [1.29, 1.82) is 0 Å². The van der Waals surface area contributed by atoms with Crippen molar-refractivity contribution in [2.45, 2.75) is 19.0 Å². The van der Waals surface area contributed by atoms with Crippen LogP contribution in [0.25, 0.3) is 0 Å². The van der Waals surface area contributed by atoms with Crippen molar-refractivity contribution < 1.29 is 37.0 Å². The molecule has 0 radical (unpaired) electrons. The molecular weight excluding hydrogens is 345 g/mol. The first-order valence-corrected chi connectivity index (χ1v) is 7.27. The Bertz CT molecular complexity index is 676. The minimum absolute atomic E-state index is 0.0754. The van der Waals surface area contributed by atoms with Crippen LogP contribution in [-0.2, 0) is 25.5 Å². The molecule has 0 aliphatic carbocycles. The maximum atomic E-state index is 11.9. The normalized spacial score (nSPS) is 13.5. The quantitative estimate of drug-likeness (QED) is 0.743. The van der Waals surface area contributed by atoms with Gasteiger partial charge in [0.2, 0.25) is 5.91 Å². The van der Waals surface area contributed by atoms with Crippen molar-refractivity contribution in [3.8, 4) is 5.75 Å². The Morgan fingerprint density at radius 1 is 1.20 bits per heavy atom. The van der Waals surface area contributed by atoms with E-state index in [1.54, 1.807) is 23.5 Å². The fourth-order valence-electron chi connectivity index (χ4n) is 2.03. The summed E-state index contributed by atoms with van der Waals surface area (Å²) >= 11 is 0. The number of amides is 2. The third-order valence-electron chi connectivity index (χ3n) is 3.18. The van der Waals surface area contributed by atoms with Crippen molar-refractivity contribution in [2.24, 2.45) is 0 Å². The first kappa shape index (κ1) is 18.6. The maximum absolute atomic E-state index is 11.9. The number of alkyl halides is 3. The summed E-state index contributed by atoms with van der Waals surface area (Å²) in [5, 5.41) is 4.27. The Hall–Kier alpha value is -2.78. The summed E-state index contributed by atoms with van der Waals surface area (Å²) < 4.78 is 45.4. The lowest BCUT2D eigenvalue weighted by molar-refractivity contribution is -0.152. The fraction of sp³-hybridized carbons (Fsp3) is 0.400. The summed E-state index contributed by atoms with van der Waals surface area (Å²) in [6.07, 6.45) is -3.64. The van der Waals surface area contributed by atoms with E-state index in [4.69, 9.17) is 4.74 Å². The number of ether oxygens (including phenoxy) is 2. The molecule has 1 aliphatic rings. The van der Waals surface area contributed by atoms with E-state index in [0.717, 1.165) is 5.56 Å². The predicted octanol–water partition coefficient (Wildman–Crippen LogP) is 1.17. The van der Waals surface area contributed by atoms with Crippen LogP contribution in [0, 0.1) is 0 Å². The lowest BCUT2D eigenvalue weighted by Gasteiger charge is -2.17. The van der Waals surface area contributed by atoms with Crippen LogP contribution in [0.1, 0.15) is 12.0 Å². The van der Waals surface area contributed by atoms with Gasteiger partial charge in [0.1, 0.15) is 12.3 Å². The Morgan fingerprint density at radius 3 is 2.68 bits per heavy atom. The number of aryl methyl sites for hydroxylation is 1. The molecule has 1 aliphatic heterocycles. The third kappa shape index (κ3) is 6.32. The second kappa shape index (κ2) is 7.86. The van der Waals surface area contributed by atoms with Crippen molar-refractivity contribution >= 4 is 23.5 Å². The molecule has 0 saturated carbocycles. The maximum Gasteiger partial charge on any atom is 0.405 e. The molecule has 0 saturated heterocycles. The van der Waals surface area contributed by atoms with E-state index in [-0.39, 0.29) is 5.91 Å². The molecule has 0 atom stereocenters. The molecule has 10 heteroatoms. The highest BCUT2D eigenvalue weighted by Gasteiger charge is 2.27. The highest BCUT2D eigenvalue weighted by atomic mass is 19.4. The summed E-state index contributed by atoms with van der Waals surface area (Å²) in [7, 11) is 0. The molecule has 1 aromatic rings. The van der Waals surface area contributed by atoms with Crippen molar-refractivity contribution in [2.75, 3.05) is 25.1 Å². The van der Waals surface area contributed by atoms with Crippen LogP contribution in [0.15, 0.2) is 18.2 Å². The van der Waals surface area contributed by atoms with Gasteiger partial charge in [-0.15, -0.1) is 0 Å². The minimum Gasteiger partial charge on any atom is -0.482 e. The summed E-state index contributed by atoms with van der Waals surface area (Å²) in [5.74, 6) is -1.66. The van der Waals surface area contributed by atoms with Gasteiger partial charge in [-0.05, 0) is 30.2 Å². The number of anilines is 1. The van der Waals surface area contributed by atoms with Gasteiger partial charge in [-0.25, -0.2) is 4.79 Å². The average Bonchev–Trinajstić information content (AvgIpc) is 2.55. The molecule has 25 heavy (non-hydrogen) atoms. The first-order chi connectivity index (χ1) is 11.7. The van der Waals surface area contributed by atoms with Crippen molar-refractivity contribution in [1.82, 2.24) is 5.32 Å². The van der Waals surface area contributed by atoms with E-state index < -0.39 is 37.8 Å². The second-order valence-corrected chi connectivity index (χ2v) is 5.21. The Balaban J connectivity index is 1.73. The molecule has 0 spiro atoms. The van der Waals surface area contributed by atoms with Gasteiger partial charge >= 0.3 is 12.1 Å². The Morgan fingerprint density at radius 2 is 1.96 bits per heavy atom. The minimum atomic E-state index is -4.53. The molecule has 1 heterocycles. The van der Waals surface area contributed by atoms with E-state index in [1.165, 1.54) is 0 Å². The molecule has 0 bridgehead atoms. The van der Waals surface area contributed by atoms with E-state index in [9.17, 15) is 27.6 Å². The zero-order valence-electron chi connectivity index (χ0n) is 12.9. The van der Waals surface area contributed by atoms with Gasteiger partial charge in [-0.2, -0.15) is 13.2 Å². The number of fused-ring (bicyclic) bond motifs is 1. The van der Waals surface area contributed by atoms with Crippen LogP contribution in [0.2, 0.25) is 0 Å². The van der Waals surface area contributed by atoms with Gasteiger partial charge in [-0.3, -0.25) is 9.59 Å². The summed E-state index contributed by atoms with van der Waals surface area (Å²) in [4.78, 5) is 33.8. The average molecular weight is 360 g/mol. The first-order valence-electron chi connectivity index (χ1n) is 7.27. The summed E-state index contributed by atoms with van der Waals surface area (Å²) in [6.45, 7) is -2.82. The Kier molecular flexibility index (Phi) is 5.84. The number of hydrogen-bond donors (Lipinski definition) is 2. The zero-order valence-corrected chi connectivity index (χ0v) is 12.9. The van der Waals surface area contributed by atoms with Crippen molar-refractivity contribution in [3.63, 3.8) is 0 Å². The van der Waals surface area contributed by atoms with Crippen LogP contribution in [0.4, 0.5) is 18.9 Å². The predicted molar refractivity (Wildman–Crippen MR) is 78.9 cm³/mol. The van der Waals surface area contributed by atoms with Gasteiger partial charge in [0.15, 0.2) is 13.2 Å². The number of halogens is 3. The van der Waals surface area contributed by atoms with Crippen LogP contribution in [-0.4, -0.2) is 43.7 Å². The van der Waals surface area contributed by atoms with E-state index in [2.05, 4.69) is 10.1 Å². The summed E-state index contributed by atoms with van der Waals surface area (Å²) in [6, 6.07) is 4.85. The highest BCUT2D eigenvalue weighted by Crippen LogP contribution is 2.26. The Labute approximate surface area is 140 Å². The fourth-order valence-corrected chi connectivity index (χ4v) is 2.03.